The van der Waals surface area contributed by atoms with Gasteiger partial charge >= 0.3 is 0 Å². The number of methoxy groups -OCH3 is 1. The Balaban J connectivity index is 0.816. The number of benzene rings is 8. The molecule has 0 aliphatic rings. The average Bonchev–Trinajstić information content (AvgIpc) is 3.37. The molecule has 1 aromatic heterocycles. The summed E-state index contributed by atoms with van der Waals surface area (Å²) in [6, 6.07) is 53.8. The number of hydrogen-bond donors (Lipinski definition) is 0. The molecule has 0 aliphatic heterocycles. The topological polar surface area (TPSA) is 118 Å². The smallest absolute Gasteiger partial charge is 0.206 e. The summed E-state index contributed by atoms with van der Waals surface area (Å²) in [6.45, 7) is 9.85. The lowest BCUT2D eigenvalue weighted by Crippen LogP contribution is -2.02. The van der Waals surface area contributed by atoms with Gasteiger partial charge in [0.1, 0.15) is 40.2 Å². The van der Waals surface area contributed by atoms with E-state index in [2.05, 4.69) is 29.2 Å². The number of aromatic nitrogens is 1. The molecular formula is C59H49NO8S2. The minimum absolute atomic E-state index is 0.139. The molecule has 0 spiro atoms. The Bertz CT molecular complexity index is 3510. The largest absolute Gasteiger partial charge is 0.497 e. The van der Waals surface area contributed by atoms with Crippen LogP contribution in [0.2, 0.25) is 0 Å². The van der Waals surface area contributed by atoms with Gasteiger partial charge in [-0.2, -0.15) is 0 Å². The normalized spacial score (nSPS) is 11.5. The van der Waals surface area contributed by atoms with Crippen molar-refractivity contribution < 1.29 is 35.8 Å². The molecule has 0 bridgehead atoms. The van der Waals surface area contributed by atoms with Crippen LogP contribution in [0.5, 0.6) is 40.2 Å². The molecule has 0 amide bonds. The SMILES string of the molecule is COc1ccc(-c2ccc(-c3ccc(Oc4ccc(S(=O)(=O)c5ccc(Oc6c(C)cc(-c7cc(C)c(Oc8ccc(S(=O)(=O)c9ccc(C)cc9)cc8)c(C)c7)cc6C)cc5)cc4)cc3)nc2)cc1. The number of ether oxygens (including phenoxy) is 4. The fraction of sp³-hybridized carbons (Fsp3) is 0.102. The van der Waals surface area contributed by atoms with E-state index >= 15 is 0 Å². The zero-order valence-electron chi connectivity index (χ0n) is 39.4. The number of aryl methyl sites for hydroxylation is 5. The van der Waals surface area contributed by atoms with Crippen LogP contribution in [-0.4, -0.2) is 28.9 Å². The third-order valence-electron chi connectivity index (χ3n) is 12.0. The Morgan fingerprint density at radius 2 is 0.671 bits per heavy atom. The maximum Gasteiger partial charge on any atom is 0.206 e. The molecular weight excluding hydrogens is 915 g/mol. The van der Waals surface area contributed by atoms with Crippen molar-refractivity contribution >= 4 is 19.7 Å². The van der Waals surface area contributed by atoms with Crippen LogP contribution in [0.15, 0.2) is 208 Å². The lowest BCUT2D eigenvalue weighted by Gasteiger charge is -2.17. The van der Waals surface area contributed by atoms with Crippen molar-refractivity contribution in [1.82, 2.24) is 4.98 Å². The van der Waals surface area contributed by atoms with Crippen LogP contribution < -0.4 is 18.9 Å². The molecule has 350 valence electrons. The van der Waals surface area contributed by atoms with Gasteiger partial charge in [-0.1, -0.05) is 35.9 Å². The molecule has 0 atom stereocenters. The molecule has 0 saturated carbocycles. The van der Waals surface area contributed by atoms with E-state index in [9.17, 15) is 16.8 Å². The number of hydrogen-bond acceptors (Lipinski definition) is 9. The van der Waals surface area contributed by atoms with Gasteiger partial charge in [-0.3, -0.25) is 4.98 Å². The first kappa shape index (κ1) is 47.1. The first-order chi connectivity index (χ1) is 33.6. The Morgan fingerprint density at radius 3 is 1.04 bits per heavy atom. The predicted molar refractivity (Wildman–Crippen MR) is 274 cm³/mol. The monoisotopic (exact) mass is 963 g/mol. The maximum atomic E-state index is 13.7. The van der Waals surface area contributed by atoms with Crippen LogP contribution in [0.3, 0.4) is 0 Å². The summed E-state index contributed by atoms with van der Waals surface area (Å²) in [5.41, 5.74) is 10.5. The van der Waals surface area contributed by atoms with Crippen molar-refractivity contribution in [3.8, 4) is 73.8 Å². The van der Waals surface area contributed by atoms with Crippen molar-refractivity contribution in [2.24, 2.45) is 0 Å². The van der Waals surface area contributed by atoms with E-state index in [1.165, 1.54) is 12.1 Å². The van der Waals surface area contributed by atoms with Crippen LogP contribution in [0.4, 0.5) is 0 Å². The van der Waals surface area contributed by atoms with Gasteiger partial charge in [0, 0.05) is 17.3 Å². The Labute approximate surface area is 409 Å². The van der Waals surface area contributed by atoms with Gasteiger partial charge in [-0.15, -0.1) is 0 Å². The molecule has 0 radical (unpaired) electrons. The molecule has 70 heavy (non-hydrogen) atoms. The summed E-state index contributed by atoms with van der Waals surface area (Å²) in [5.74, 6) is 4.32. The van der Waals surface area contributed by atoms with E-state index in [4.69, 9.17) is 18.9 Å². The van der Waals surface area contributed by atoms with Gasteiger partial charge in [0.05, 0.1) is 32.4 Å². The molecule has 0 unspecified atom stereocenters. The third-order valence-corrected chi connectivity index (χ3v) is 15.6. The van der Waals surface area contributed by atoms with Gasteiger partial charge < -0.3 is 18.9 Å². The maximum absolute atomic E-state index is 13.7. The Kier molecular flexibility index (Phi) is 13.2. The van der Waals surface area contributed by atoms with Gasteiger partial charge in [0.2, 0.25) is 19.7 Å². The molecule has 0 N–H and O–H groups in total. The van der Waals surface area contributed by atoms with Crippen molar-refractivity contribution in [1.29, 1.82) is 0 Å². The average molecular weight is 964 g/mol. The van der Waals surface area contributed by atoms with Crippen LogP contribution in [0.25, 0.3) is 33.5 Å². The molecule has 9 aromatic rings. The highest BCUT2D eigenvalue weighted by Gasteiger charge is 2.20. The highest BCUT2D eigenvalue weighted by Crippen LogP contribution is 2.38. The summed E-state index contributed by atoms with van der Waals surface area (Å²) < 4.78 is 77.7. The quantitative estimate of drug-likeness (QED) is 0.105. The Morgan fingerprint density at radius 1 is 0.343 bits per heavy atom. The second-order valence-electron chi connectivity index (χ2n) is 17.1. The van der Waals surface area contributed by atoms with Gasteiger partial charge in [0.15, 0.2) is 0 Å². The van der Waals surface area contributed by atoms with E-state index in [0.717, 1.165) is 67.1 Å². The summed E-state index contributed by atoms with van der Waals surface area (Å²) in [7, 11) is -5.84. The minimum Gasteiger partial charge on any atom is -0.497 e. The standard InChI is InChI=1S/C59H49NO8S2/c1-38-7-24-53(25-8-38)69(61,62)55-28-20-51(21-29-55)67-58-39(2)33-46(34-40(58)3)47-35-41(4)59(42(5)36-47)68-52-22-30-56(31-23-52)70(63,64)54-26-18-50(19-27-54)66-49-16-11-44(12-17-49)57-32-13-45(37-60-57)43-9-14-48(65-6)15-10-43/h7-37H,1-6H3. The van der Waals surface area contributed by atoms with Crippen LogP contribution >= 0.6 is 0 Å². The minimum atomic E-state index is -3.83. The van der Waals surface area contributed by atoms with Crippen molar-refractivity contribution in [3.05, 3.63) is 216 Å². The Hall–Kier alpha value is -7.99. The van der Waals surface area contributed by atoms with Crippen molar-refractivity contribution in [3.63, 3.8) is 0 Å². The molecule has 8 aromatic carbocycles. The molecule has 0 aliphatic carbocycles. The van der Waals surface area contributed by atoms with Crippen LogP contribution in [0.1, 0.15) is 27.8 Å². The van der Waals surface area contributed by atoms with Gasteiger partial charge in [-0.05, 0) is 225 Å². The van der Waals surface area contributed by atoms with Crippen LogP contribution in [-0.2, 0) is 19.7 Å². The molecule has 9 rings (SSSR count). The summed E-state index contributed by atoms with van der Waals surface area (Å²) in [5, 5.41) is 0. The molecule has 11 heteroatoms. The van der Waals surface area contributed by atoms with Crippen molar-refractivity contribution in [2.45, 2.75) is 54.2 Å². The zero-order valence-corrected chi connectivity index (χ0v) is 41.1. The second kappa shape index (κ2) is 19.6. The first-order valence-electron chi connectivity index (χ1n) is 22.5. The zero-order chi connectivity index (χ0) is 49.2. The third kappa shape index (κ3) is 10.1. The van der Waals surface area contributed by atoms with Crippen molar-refractivity contribution in [2.75, 3.05) is 7.11 Å². The molecule has 0 fully saturated rings. The molecule has 0 saturated heterocycles. The number of nitrogens with zero attached hydrogens (tertiary/aromatic N) is 1. The summed E-state index contributed by atoms with van der Waals surface area (Å²) in [4.78, 5) is 5.38. The van der Waals surface area contributed by atoms with E-state index in [-0.39, 0.29) is 19.6 Å². The highest BCUT2D eigenvalue weighted by molar-refractivity contribution is 7.91. The fourth-order valence-corrected chi connectivity index (χ4v) is 10.7. The highest BCUT2D eigenvalue weighted by atomic mass is 32.2. The fourth-order valence-electron chi connectivity index (χ4n) is 8.19. The van der Waals surface area contributed by atoms with E-state index < -0.39 is 19.7 Å². The number of rotatable bonds is 14. The van der Waals surface area contributed by atoms with Gasteiger partial charge in [-0.25, -0.2) is 16.8 Å². The second-order valence-corrected chi connectivity index (χ2v) is 21.0. The first-order valence-corrected chi connectivity index (χ1v) is 25.5. The van der Waals surface area contributed by atoms with E-state index in [0.29, 0.717) is 34.5 Å². The number of sulfone groups is 2. The summed E-state index contributed by atoms with van der Waals surface area (Å²) >= 11 is 0. The van der Waals surface area contributed by atoms with E-state index in [1.807, 2.05) is 101 Å². The molecule has 9 nitrogen and oxygen atoms in total. The lowest BCUT2D eigenvalue weighted by molar-refractivity contribution is 0.415. The predicted octanol–water partition coefficient (Wildman–Crippen LogP) is 14.7. The summed E-state index contributed by atoms with van der Waals surface area (Å²) in [6.07, 6.45) is 1.85. The van der Waals surface area contributed by atoms with E-state index in [1.54, 1.807) is 92.0 Å². The molecule has 1 heterocycles. The van der Waals surface area contributed by atoms with Gasteiger partial charge in [0.25, 0.3) is 0 Å². The van der Waals surface area contributed by atoms with Crippen LogP contribution in [0, 0.1) is 34.6 Å². The lowest BCUT2D eigenvalue weighted by atomic mass is 9.96. The number of pyridine rings is 1.